The van der Waals surface area contributed by atoms with Crippen molar-refractivity contribution in [1.82, 2.24) is 19.9 Å². The fourth-order valence-corrected chi connectivity index (χ4v) is 4.97. The number of likely N-dealkylation sites (tertiary alicyclic amines) is 1. The SMILES string of the molecule is Cc1nc(C2(C(N)=O)CCCN2C(N)=O)sc1-c1ccnc(C2(C)CC2)n1. The molecule has 1 saturated heterocycles. The van der Waals surface area contributed by atoms with Crippen LogP contribution < -0.4 is 11.5 Å². The van der Waals surface area contributed by atoms with E-state index in [0.717, 1.165) is 34.9 Å². The number of nitrogens with two attached hydrogens (primary N) is 2. The van der Waals surface area contributed by atoms with E-state index in [-0.39, 0.29) is 5.41 Å². The Hall–Kier alpha value is -2.55. The maximum atomic E-state index is 12.4. The summed E-state index contributed by atoms with van der Waals surface area (Å²) in [5, 5.41) is 0.497. The van der Waals surface area contributed by atoms with E-state index < -0.39 is 17.5 Å². The first-order chi connectivity index (χ1) is 12.8. The number of primary amides is 2. The van der Waals surface area contributed by atoms with Gasteiger partial charge in [0.05, 0.1) is 16.3 Å². The van der Waals surface area contributed by atoms with Gasteiger partial charge in [0.25, 0.3) is 5.91 Å². The molecule has 2 aromatic rings. The molecule has 4 rings (SSSR count). The Morgan fingerprint density at radius 3 is 2.59 bits per heavy atom. The number of aromatic nitrogens is 3. The Labute approximate surface area is 161 Å². The van der Waals surface area contributed by atoms with Gasteiger partial charge in [0, 0.05) is 18.2 Å². The Balaban J connectivity index is 1.79. The highest BCUT2D eigenvalue weighted by molar-refractivity contribution is 7.15. The van der Waals surface area contributed by atoms with Crippen LogP contribution in [0.3, 0.4) is 0 Å². The molecule has 3 heterocycles. The van der Waals surface area contributed by atoms with Gasteiger partial charge >= 0.3 is 6.03 Å². The van der Waals surface area contributed by atoms with Crippen molar-refractivity contribution >= 4 is 23.3 Å². The van der Waals surface area contributed by atoms with Gasteiger partial charge in [0.1, 0.15) is 10.8 Å². The third-order valence-corrected chi connectivity index (χ3v) is 6.96. The minimum atomic E-state index is -1.28. The smallest absolute Gasteiger partial charge is 0.316 e. The third kappa shape index (κ3) is 2.68. The Morgan fingerprint density at radius 2 is 1.96 bits per heavy atom. The molecule has 2 aliphatic rings. The molecule has 3 amide bonds. The zero-order valence-corrected chi connectivity index (χ0v) is 16.2. The summed E-state index contributed by atoms with van der Waals surface area (Å²) < 4.78 is 0. The number of rotatable bonds is 4. The van der Waals surface area contributed by atoms with Crippen LogP contribution in [0.4, 0.5) is 4.79 Å². The quantitative estimate of drug-likeness (QED) is 0.828. The van der Waals surface area contributed by atoms with Gasteiger partial charge in [0.2, 0.25) is 0 Å². The van der Waals surface area contributed by atoms with Crippen LogP contribution in [-0.4, -0.2) is 38.3 Å². The fourth-order valence-electron chi connectivity index (χ4n) is 3.70. The Kier molecular flexibility index (Phi) is 3.95. The van der Waals surface area contributed by atoms with Crippen LogP contribution in [0.1, 0.15) is 49.1 Å². The van der Waals surface area contributed by atoms with E-state index >= 15 is 0 Å². The van der Waals surface area contributed by atoms with Crippen molar-refractivity contribution in [2.45, 2.75) is 50.5 Å². The monoisotopic (exact) mass is 386 g/mol. The maximum Gasteiger partial charge on any atom is 0.316 e. The van der Waals surface area contributed by atoms with E-state index in [0.29, 0.717) is 24.4 Å². The normalized spacial score (nSPS) is 23.4. The molecule has 8 nitrogen and oxygen atoms in total. The number of thiazole rings is 1. The summed E-state index contributed by atoms with van der Waals surface area (Å²) in [7, 11) is 0. The first-order valence-corrected chi connectivity index (χ1v) is 9.78. The molecule has 1 atom stereocenters. The van der Waals surface area contributed by atoms with E-state index in [1.807, 2.05) is 13.0 Å². The molecule has 27 heavy (non-hydrogen) atoms. The number of carbonyl (C=O) groups excluding carboxylic acids is 2. The Morgan fingerprint density at radius 1 is 1.22 bits per heavy atom. The second kappa shape index (κ2) is 5.98. The second-order valence-corrected chi connectivity index (χ2v) is 8.58. The van der Waals surface area contributed by atoms with Crippen molar-refractivity contribution in [2.24, 2.45) is 11.5 Å². The molecule has 9 heteroatoms. The topological polar surface area (TPSA) is 128 Å². The van der Waals surface area contributed by atoms with E-state index in [9.17, 15) is 9.59 Å². The van der Waals surface area contributed by atoms with Crippen molar-refractivity contribution in [2.75, 3.05) is 6.54 Å². The first-order valence-electron chi connectivity index (χ1n) is 8.97. The Bertz CT molecular complexity index is 938. The van der Waals surface area contributed by atoms with Gasteiger partial charge in [-0.15, -0.1) is 11.3 Å². The number of amides is 3. The predicted octanol–water partition coefficient (Wildman–Crippen LogP) is 1.82. The van der Waals surface area contributed by atoms with Gasteiger partial charge in [-0.2, -0.15) is 0 Å². The summed E-state index contributed by atoms with van der Waals surface area (Å²) in [4.78, 5) is 40.3. The molecule has 4 N–H and O–H groups in total. The van der Waals surface area contributed by atoms with E-state index in [1.54, 1.807) is 6.20 Å². The van der Waals surface area contributed by atoms with Gasteiger partial charge in [-0.3, -0.25) is 4.79 Å². The maximum absolute atomic E-state index is 12.4. The molecule has 142 valence electrons. The van der Waals surface area contributed by atoms with Crippen LogP contribution >= 0.6 is 11.3 Å². The summed E-state index contributed by atoms with van der Waals surface area (Å²) in [6.07, 6.45) is 5.00. The largest absolute Gasteiger partial charge is 0.367 e. The minimum Gasteiger partial charge on any atom is -0.367 e. The van der Waals surface area contributed by atoms with E-state index in [1.165, 1.54) is 16.2 Å². The van der Waals surface area contributed by atoms with Gasteiger partial charge in [-0.1, -0.05) is 6.92 Å². The zero-order valence-electron chi connectivity index (χ0n) is 15.4. The van der Waals surface area contributed by atoms with Crippen LogP contribution in [0.5, 0.6) is 0 Å². The molecule has 0 aromatic carbocycles. The molecule has 1 aliphatic carbocycles. The summed E-state index contributed by atoms with van der Waals surface area (Å²) >= 11 is 1.35. The third-order valence-electron chi connectivity index (χ3n) is 5.63. The molecule has 0 spiro atoms. The number of hydrogen-bond donors (Lipinski definition) is 2. The average Bonchev–Trinajstić information content (AvgIpc) is 3.07. The van der Waals surface area contributed by atoms with Gasteiger partial charge in [-0.05, 0) is 38.7 Å². The molecular formula is C18H22N6O2S. The molecular weight excluding hydrogens is 364 g/mol. The van der Waals surface area contributed by atoms with Gasteiger partial charge in [0.15, 0.2) is 5.54 Å². The highest BCUT2D eigenvalue weighted by atomic mass is 32.1. The van der Waals surface area contributed by atoms with Crippen molar-refractivity contribution < 1.29 is 9.59 Å². The van der Waals surface area contributed by atoms with Gasteiger partial charge in [-0.25, -0.2) is 19.7 Å². The lowest BCUT2D eigenvalue weighted by molar-refractivity contribution is -0.127. The number of hydrogen-bond acceptors (Lipinski definition) is 6. The lowest BCUT2D eigenvalue weighted by Gasteiger charge is -2.32. The zero-order chi connectivity index (χ0) is 19.4. The number of aryl methyl sites for hydroxylation is 1. The molecule has 1 unspecified atom stereocenters. The lowest BCUT2D eigenvalue weighted by Crippen LogP contribution is -2.55. The average molecular weight is 386 g/mol. The summed E-state index contributed by atoms with van der Waals surface area (Å²) in [5.41, 5.74) is 11.5. The van der Waals surface area contributed by atoms with E-state index in [4.69, 9.17) is 16.5 Å². The molecule has 0 bridgehead atoms. The minimum absolute atomic E-state index is 0.0557. The molecule has 2 aromatic heterocycles. The molecule has 1 saturated carbocycles. The second-order valence-electron chi connectivity index (χ2n) is 7.58. The van der Waals surface area contributed by atoms with Crippen molar-refractivity contribution in [3.8, 4) is 10.6 Å². The van der Waals surface area contributed by atoms with Crippen LogP contribution in [0.25, 0.3) is 10.6 Å². The summed E-state index contributed by atoms with van der Waals surface area (Å²) in [6.45, 7) is 4.42. The number of carbonyl (C=O) groups is 2. The fraction of sp³-hybridized carbons (Fsp3) is 0.500. The lowest BCUT2D eigenvalue weighted by atomic mass is 9.96. The van der Waals surface area contributed by atoms with Crippen LogP contribution in [0, 0.1) is 6.92 Å². The van der Waals surface area contributed by atoms with E-state index in [2.05, 4.69) is 16.9 Å². The highest BCUT2D eigenvalue weighted by Crippen LogP contribution is 2.47. The summed E-state index contributed by atoms with van der Waals surface area (Å²) in [6, 6.07) is 1.18. The number of nitrogens with zero attached hydrogens (tertiary/aromatic N) is 4. The van der Waals surface area contributed by atoms with Crippen LogP contribution in [0.2, 0.25) is 0 Å². The first kappa shape index (κ1) is 17.8. The van der Waals surface area contributed by atoms with Crippen LogP contribution in [-0.2, 0) is 15.7 Å². The van der Waals surface area contributed by atoms with Gasteiger partial charge < -0.3 is 16.4 Å². The predicted molar refractivity (Wildman–Crippen MR) is 101 cm³/mol. The molecule has 0 radical (unpaired) electrons. The molecule has 1 aliphatic heterocycles. The number of urea groups is 1. The summed E-state index contributed by atoms with van der Waals surface area (Å²) in [5.74, 6) is 0.228. The van der Waals surface area contributed by atoms with Crippen LogP contribution in [0.15, 0.2) is 12.3 Å². The van der Waals surface area contributed by atoms with Crippen molar-refractivity contribution in [1.29, 1.82) is 0 Å². The standard InChI is InChI=1S/C18H22N6O2S/c1-10-12(11-4-8-21-14(23-11)17(2)6-7-17)27-15(22-10)18(13(19)25)5-3-9-24(18)16(20)26/h4,8H,3,5-7,9H2,1-2H3,(H2,19,25)(H2,20,26). The highest BCUT2D eigenvalue weighted by Gasteiger charge is 2.52. The molecule has 2 fully saturated rings. The van der Waals surface area contributed by atoms with Crippen molar-refractivity contribution in [3.63, 3.8) is 0 Å². The van der Waals surface area contributed by atoms with Crippen molar-refractivity contribution in [3.05, 3.63) is 28.8 Å².